The summed E-state index contributed by atoms with van der Waals surface area (Å²) >= 11 is 0. The highest BCUT2D eigenvalue weighted by atomic mass is 19.1. The van der Waals surface area contributed by atoms with Gasteiger partial charge in [-0.3, -0.25) is 0 Å². The van der Waals surface area contributed by atoms with Crippen molar-refractivity contribution < 1.29 is 9.13 Å². The Balaban J connectivity index is 1.47. The first kappa shape index (κ1) is 23.7. The molecule has 29 heavy (non-hydrogen) atoms. The summed E-state index contributed by atoms with van der Waals surface area (Å²) in [6.07, 6.45) is 20.4. The third-order valence-electron chi connectivity index (χ3n) is 6.51. The van der Waals surface area contributed by atoms with Crippen molar-refractivity contribution in [3.05, 3.63) is 29.6 Å². The van der Waals surface area contributed by atoms with Crippen LogP contribution in [-0.4, -0.2) is 6.61 Å². The number of halogens is 1. The number of benzene rings is 1. The van der Waals surface area contributed by atoms with Crippen molar-refractivity contribution >= 4 is 0 Å². The highest BCUT2D eigenvalue weighted by Gasteiger charge is 2.20. The third kappa shape index (κ3) is 9.66. The molecule has 162 valence electrons. The van der Waals surface area contributed by atoms with Crippen molar-refractivity contribution in [2.45, 2.75) is 103 Å². The summed E-state index contributed by atoms with van der Waals surface area (Å²) < 4.78 is 19.4. The Morgan fingerprint density at radius 1 is 0.897 bits per heavy atom. The van der Waals surface area contributed by atoms with Crippen molar-refractivity contribution in [3.8, 4) is 11.8 Å². The van der Waals surface area contributed by atoms with Gasteiger partial charge in [-0.15, -0.1) is 0 Å². The Hall–Kier alpha value is -1.56. The second-order valence-electron chi connectivity index (χ2n) is 8.90. The van der Waals surface area contributed by atoms with Gasteiger partial charge in [0.1, 0.15) is 0 Å². The van der Waals surface area contributed by atoms with Crippen LogP contribution in [0.15, 0.2) is 18.2 Å². The first-order valence-electron chi connectivity index (χ1n) is 12.1. The van der Waals surface area contributed by atoms with Crippen LogP contribution >= 0.6 is 0 Å². The molecule has 0 spiro atoms. The van der Waals surface area contributed by atoms with Gasteiger partial charge in [-0.2, -0.15) is 5.26 Å². The van der Waals surface area contributed by atoms with E-state index in [4.69, 9.17) is 10.00 Å². The van der Waals surface area contributed by atoms with Crippen LogP contribution in [0.1, 0.15) is 109 Å². The predicted octanol–water partition coefficient (Wildman–Crippen LogP) is 8.19. The monoisotopic (exact) mass is 401 g/mol. The number of nitrogens with zero attached hydrogens (tertiary/aromatic N) is 1. The molecule has 0 saturated heterocycles. The predicted molar refractivity (Wildman–Crippen MR) is 119 cm³/mol. The lowest BCUT2D eigenvalue weighted by Crippen LogP contribution is -2.15. The fourth-order valence-electron chi connectivity index (χ4n) is 4.62. The standard InChI is InChI=1S/C26H40FNO/c1-2-3-4-5-6-7-8-9-11-22-13-15-23(16-14-22)12-10-19-29-26-18-17-24(21-28)20-25(26)27/h17-18,20,22-23H,2-16,19H2,1H3. The summed E-state index contributed by atoms with van der Waals surface area (Å²) in [4.78, 5) is 0. The van der Waals surface area contributed by atoms with E-state index in [0.29, 0.717) is 12.2 Å². The van der Waals surface area contributed by atoms with Gasteiger partial charge < -0.3 is 4.74 Å². The summed E-state index contributed by atoms with van der Waals surface area (Å²) in [5.41, 5.74) is 0.332. The molecule has 3 heteroatoms. The average Bonchev–Trinajstić information content (AvgIpc) is 2.75. The summed E-state index contributed by atoms with van der Waals surface area (Å²) in [7, 11) is 0. The molecule has 0 radical (unpaired) electrons. The number of ether oxygens (including phenoxy) is 1. The van der Waals surface area contributed by atoms with Crippen LogP contribution in [-0.2, 0) is 0 Å². The number of unbranched alkanes of at least 4 members (excludes halogenated alkanes) is 7. The average molecular weight is 402 g/mol. The van der Waals surface area contributed by atoms with Gasteiger partial charge >= 0.3 is 0 Å². The van der Waals surface area contributed by atoms with Gasteiger partial charge in [-0.1, -0.05) is 90.4 Å². The normalized spacial score (nSPS) is 19.1. The molecule has 2 rings (SSSR count). The van der Waals surface area contributed by atoms with Gasteiger partial charge in [0.2, 0.25) is 0 Å². The maximum Gasteiger partial charge on any atom is 0.166 e. The lowest BCUT2D eigenvalue weighted by molar-refractivity contribution is 0.225. The molecule has 1 saturated carbocycles. The van der Waals surface area contributed by atoms with E-state index < -0.39 is 5.82 Å². The van der Waals surface area contributed by atoms with Gasteiger partial charge in [-0.25, -0.2) is 4.39 Å². The molecular formula is C26H40FNO. The number of rotatable bonds is 14. The van der Waals surface area contributed by atoms with Crippen LogP contribution in [0.5, 0.6) is 5.75 Å². The van der Waals surface area contributed by atoms with E-state index in [9.17, 15) is 4.39 Å². The van der Waals surface area contributed by atoms with Crippen LogP contribution in [0.25, 0.3) is 0 Å². The maximum atomic E-state index is 13.8. The van der Waals surface area contributed by atoms with Gasteiger partial charge in [-0.05, 0) is 42.9 Å². The van der Waals surface area contributed by atoms with E-state index in [1.165, 1.54) is 96.0 Å². The van der Waals surface area contributed by atoms with E-state index in [2.05, 4.69) is 6.92 Å². The molecule has 0 aliphatic heterocycles. The zero-order valence-corrected chi connectivity index (χ0v) is 18.4. The Kier molecular flexibility index (Phi) is 11.8. The minimum Gasteiger partial charge on any atom is -0.491 e. The van der Waals surface area contributed by atoms with Gasteiger partial charge in [0.15, 0.2) is 11.6 Å². The zero-order valence-electron chi connectivity index (χ0n) is 18.4. The molecule has 1 fully saturated rings. The fourth-order valence-corrected chi connectivity index (χ4v) is 4.62. The topological polar surface area (TPSA) is 33.0 Å². The SMILES string of the molecule is CCCCCCCCCCC1CCC(CCCOc2ccc(C#N)cc2F)CC1. The molecule has 0 heterocycles. The maximum absolute atomic E-state index is 13.8. The van der Waals surface area contributed by atoms with Crippen molar-refractivity contribution in [3.63, 3.8) is 0 Å². The molecular weight excluding hydrogens is 361 g/mol. The molecule has 0 N–H and O–H groups in total. The highest BCUT2D eigenvalue weighted by Crippen LogP contribution is 2.34. The van der Waals surface area contributed by atoms with Gasteiger partial charge in [0.05, 0.1) is 18.2 Å². The fraction of sp³-hybridized carbons (Fsp3) is 0.731. The van der Waals surface area contributed by atoms with E-state index in [1.54, 1.807) is 12.1 Å². The quantitative estimate of drug-likeness (QED) is 0.294. The van der Waals surface area contributed by atoms with E-state index in [1.807, 2.05) is 6.07 Å². The smallest absolute Gasteiger partial charge is 0.166 e. The zero-order chi connectivity index (χ0) is 20.7. The number of nitriles is 1. The van der Waals surface area contributed by atoms with Gasteiger partial charge in [0, 0.05) is 0 Å². The van der Waals surface area contributed by atoms with Crippen molar-refractivity contribution in [1.29, 1.82) is 5.26 Å². The van der Waals surface area contributed by atoms with E-state index in [-0.39, 0.29) is 5.75 Å². The molecule has 0 bridgehead atoms. The van der Waals surface area contributed by atoms with Crippen LogP contribution in [0.2, 0.25) is 0 Å². The van der Waals surface area contributed by atoms with E-state index >= 15 is 0 Å². The Morgan fingerprint density at radius 2 is 1.48 bits per heavy atom. The van der Waals surface area contributed by atoms with Crippen LogP contribution < -0.4 is 4.74 Å². The lowest BCUT2D eigenvalue weighted by atomic mass is 9.78. The lowest BCUT2D eigenvalue weighted by Gasteiger charge is -2.28. The second kappa shape index (κ2) is 14.4. The summed E-state index contributed by atoms with van der Waals surface area (Å²) in [5, 5.41) is 8.78. The number of hydrogen-bond donors (Lipinski definition) is 0. The molecule has 0 unspecified atom stereocenters. The molecule has 0 amide bonds. The molecule has 1 aliphatic carbocycles. The Morgan fingerprint density at radius 3 is 2.07 bits per heavy atom. The third-order valence-corrected chi connectivity index (χ3v) is 6.51. The molecule has 1 aromatic rings. The minimum atomic E-state index is -0.439. The van der Waals surface area contributed by atoms with Crippen LogP contribution in [0, 0.1) is 29.0 Å². The van der Waals surface area contributed by atoms with Crippen LogP contribution in [0.3, 0.4) is 0 Å². The van der Waals surface area contributed by atoms with E-state index in [0.717, 1.165) is 18.3 Å². The molecule has 0 aromatic heterocycles. The second-order valence-corrected chi connectivity index (χ2v) is 8.90. The molecule has 0 atom stereocenters. The summed E-state index contributed by atoms with van der Waals surface area (Å²) in [5.74, 6) is 1.60. The van der Waals surface area contributed by atoms with Gasteiger partial charge in [0.25, 0.3) is 0 Å². The Bertz CT molecular complexity index is 601. The summed E-state index contributed by atoms with van der Waals surface area (Å²) in [6, 6.07) is 6.34. The molecule has 2 nitrogen and oxygen atoms in total. The first-order chi connectivity index (χ1) is 14.2. The van der Waals surface area contributed by atoms with Crippen molar-refractivity contribution in [2.24, 2.45) is 11.8 Å². The molecule has 1 aliphatic rings. The molecule has 1 aromatic carbocycles. The number of hydrogen-bond acceptors (Lipinski definition) is 2. The summed E-state index contributed by atoms with van der Waals surface area (Å²) in [6.45, 7) is 2.84. The highest BCUT2D eigenvalue weighted by molar-refractivity contribution is 5.35. The van der Waals surface area contributed by atoms with Crippen molar-refractivity contribution in [1.82, 2.24) is 0 Å². The minimum absolute atomic E-state index is 0.262. The van der Waals surface area contributed by atoms with Crippen LogP contribution in [0.4, 0.5) is 4.39 Å². The largest absolute Gasteiger partial charge is 0.491 e. The van der Waals surface area contributed by atoms with Crippen molar-refractivity contribution in [2.75, 3.05) is 6.61 Å². The first-order valence-corrected chi connectivity index (χ1v) is 12.1. The Labute approximate surface area is 177 Å².